The van der Waals surface area contributed by atoms with E-state index in [9.17, 15) is 13.2 Å². The number of hydrogen-bond donors (Lipinski definition) is 0. The van der Waals surface area contributed by atoms with Crippen LogP contribution in [0.3, 0.4) is 0 Å². The lowest BCUT2D eigenvalue weighted by Gasteiger charge is -2.22. The second-order valence-electron chi connectivity index (χ2n) is 4.42. The molecule has 0 aliphatic heterocycles. The standard InChI is InChI=1S/C15H14INO4S/c1-11(18)17(15-6-4-3-5-14(15)16)22(19,20)13-9-7-12(21-2)8-10-13/h3-10H,1-2H3. The van der Waals surface area contributed by atoms with Crippen LogP contribution in [0.4, 0.5) is 5.69 Å². The van der Waals surface area contributed by atoms with Gasteiger partial charge in [0.15, 0.2) is 0 Å². The number of ether oxygens (including phenoxy) is 1. The van der Waals surface area contributed by atoms with Crippen LogP contribution in [0.5, 0.6) is 5.75 Å². The normalized spacial score (nSPS) is 11.0. The molecular formula is C15H14INO4S. The highest BCUT2D eigenvalue weighted by Crippen LogP contribution is 2.29. The van der Waals surface area contributed by atoms with Gasteiger partial charge in [-0.25, -0.2) is 12.7 Å². The average molecular weight is 431 g/mol. The molecule has 5 nitrogen and oxygen atoms in total. The topological polar surface area (TPSA) is 63.7 Å². The fourth-order valence-electron chi connectivity index (χ4n) is 1.94. The van der Waals surface area contributed by atoms with Gasteiger partial charge in [0.05, 0.1) is 17.7 Å². The molecule has 0 saturated heterocycles. The fraction of sp³-hybridized carbons (Fsp3) is 0.133. The number of carbonyl (C=O) groups excluding carboxylic acids is 1. The predicted octanol–water partition coefficient (Wildman–Crippen LogP) is 3.04. The molecule has 0 bridgehead atoms. The Kier molecular flexibility index (Phi) is 5.07. The number of carbonyl (C=O) groups is 1. The number of rotatable bonds is 4. The van der Waals surface area contributed by atoms with Gasteiger partial charge in [-0.2, -0.15) is 0 Å². The van der Waals surface area contributed by atoms with Crippen LogP contribution in [0.25, 0.3) is 0 Å². The van der Waals surface area contributed by atoms with Crippen molar-refractivity contribution in [2.45, 2.75) is 11.8 Å². The minimum absolute atomic E-state index is 0.0307. The summed E-state index contributed by atoms with van der Waals surface area (Å²) in [4.78, 5) is 12.0. The van der Waals surface area contributed by atoms with Gasteiger partial charge in [0.25, 0.3) is 10.0 Å². The molecule has 0 aromatic heterocycles. The van der Waals surface area contributed by atoms with Gasteiger partial charge in [0.1, 0.15) is 5.75 Å². The quantitative estimate of drug-likeness (QED) is 0.699. The fourth-order valence-corrected chi connectivity index (χ4v) is 4.18. The predicted molar refractivity (Wildman–Crippen MR) is 92.5 cm³/mol. The first-order valence-electron chi connectivity index (χ1n) is 6.32. The van der Waals surface area contributed by atoms with Crippen LogP contribution in [0.15, 0.2) is 53.4 Å². The summed E-state index contributed by atoms with van der Waals surface area (Å²) in [6, 6.07) is 12.7. The zero-order chi connectivity index (χ0) is 16.3. The van der Waals surface area contributed by atoms with Crippen molar-refractivity contribution >= 4 is 44.2 Å². The van der Waals surface area contributed by atoms with Gasteiger partial charge < -0.3 is 4.74 Å². The van der Waals surface area contributed by atoms with Crippen LogP contribution in [-0.4, -0.2) is 21.4 Å². The lowest BCUT2D eigenvalue weighted by molar-refractivity contribution is -0.115. The molecule has 2 rings (SSSR count). The molecule has 0 atom stereocenters. The Hall–Kier alpha value is -1.61. The van der Waals surface area contributed by atoms with Crippen molar-refractivity contribution in [3.63, 3.8) is 0 Å². The van der Waals surface area contributed by atoms with E-state index in [2.05, 4.69) is 0 Å². The third kappa shape index (κ3) is 3.25. The molecular weight excluding hydrogens is 417 g/mol. The Morgan fingerprint density at radius 3 is 2.18 bits per heavy atom. The lowest BCUT2D eigenvalue weighted by Crippen LogP contribution is -2.35. The van der Waals surface area contributed by atoms with E-state index in [-0.39, 0.29) is 4.90 Å². The maximum Gasteiger partial charge on any atom is 0.270 e. The summed E-state index contributed by atoms with van der Waals surface area (Å²) in [6.07, 6.45) is 0. The molecule has 0 aliphatic carbocycles. The number of amides is 1. The molecule has 0 aliphatic rings. The highest BCUT2D eigenvalue weighted by atomic mass is 127. The van der Waals surface area contributed by atoms with Crippen LogP contribution < -0.4 is 9.04 Å². The summed E-state index contributed by atoms with van der Waals surface area (Å²) in [6.45, 7) is 1.23. The Morgan fingerprint density at radius 1 is 1.09 bits per heavy atom. The number of para-hydroxylation sites is 1. The largest absolute Gasteiger partial charge is 0.497 e. The monoisotopic (exact) mass is 431 g/mol. The van der Waals surface area contributed by atoms with Crippen molar-refractivity contribution in [3.05, 3.63) is 52.1 Å². The number of methoxy groups -OCH3 is 1. The first-order chi connectivity index (χ1) is 10.4. The number of halogens is 1. The van der Waals surface area contributed by atoms with Gasteiger partial charge in [-0.05, 0) is 59.0 Å². The molecule has 0 N–H and O–H groups in total. The second kappa shape index (κ2) is 6.66. The molecule has 7 heteroatoms. The Bertz CT molecular complexity index is 787. The molecule has 0 radical (unpaired) electrons. The van der Waals surface area contributed by atoms with Crippen molar-refractivity contribution in [2.24, 2.45) is 0 Å². The number of nitrogens with zero attached hydrogens (tertiary/aromatic N) is 1. The number of benzene rings is 2. The van der Waals surface area contributed by atoms with Crippen LogP contribution >= 0.6 is 22.6 Å². The van der Waals surface area contributed by atoms with Gasteiger partial charge in [0, 0.05) is 10.5 Å². The van der Waals surface area contributed by atoms with Crippen LogP contribution in [0.2, 0.25) is 0 Å². The molecule has 22 heavy (non-hydrogen) atoms. The van der Waals surface area contributed by atoms with Crippen molar-refractivity contribution in [3.8, 4) is 5.75 Å². The minimum atomic E-state index is -3.98. The molecule has 0 fully saturated rings. The Labute approximate surface area is 143 Å². The van der Waals surface area contributed by atoms with E-state index < -0.39 is 15.9 Å². The summed E-state index contributed by atoms with van der Waals surface area (Å²) in [5.74, 6) is -0.0254. The highest BCUT2D eigenvalue weighted by Gasteiger charge is 2.29. The van der Waals surface area contributed by atoms with Gasteiger partial charge in [-0.3, -0.25) is 4.79 Å². The third-order valence-electron chi connectivity index (χ3n) is 2.95. The molecule has 0 unspecified atom stereocenters. The van der Waals surface area contributed by atoms with Gasteiger partial charge >= 0.3 is 0 Å². The summed E-state index contributed by atoms with van der Waals surface area (Å²) in [7, 11) is -2.48. The molecule has 116 valence electrons. The summed E-state index contributed by atoms with van der Waals surface area (Å²) in [5, 5.41) is 0. The van der Waals surface area contributed by atoms with E-state index in [1.165, 1.54) is 26.2 Å². The van der Waals surface area contributed by atoms with Gasteiger partial charge in [-0.1, -0.05) is 12.1 Å². The van der Waals surface area contributed by atoms with Crippen molar-refractivity contribution in [2.75, 3.05) is 11.4 Å². The number of anilines is 1. The smallest absolute Gasteiger partial charge is 0.270 e. The SMILES string of the molecule is COc1ccc(S(=O)(=O)N(C(C)=O)c2ccccc2I)cc1. The van der Waals surface area contributed by atoms with Gasteiger partial charge in [0.2, 0.25) is 5.91 Å². The Morgan fingerprint density at radius 2 is 1.68 bits per heavy atom. The zero-order valence-corrected chi connectivity index (χ0v) is 15.0. The number of hydrogen-bond acceptors (Lipinski definition) is 4. The zero-order valence-electron chi connectivity index (χ0n) is 12.0. The van der Waals surface area contributed by atoms with Crippen LogP contribution in [0, 0.1) is 3.57 Å². The van der Waals surface area contributed by atoms with Crippen molar-refractivity contribution in [1.29, 1.82) is 0 Å². The van der Waals surface area contributed by atoms with E-state index in [1.54, 1.807) is 36.4 Å². The highest BCUT2D eigenvalue weighted by molar-refractivity contribution is 14.1. The van der Waals surface area contributed by atoms with E-state index in [0.29, 0.717) is 15.0 Å². The van der Waals surface area contributed by atoms with Crippen LogP contribution in [0.1, 0.15) is 6.92 Å². The summed E-state index contributed by atoms with van der Waals surface area (Å²) in [5.41, 5.74) is 0.339. The third-order valence-corrected chi connectivity index (χ3v) is 5.67. The molecule has 2 aromatic rings. The molecule has 0 saturated carbocycles. The van der Waals surface area contributed by atoms with E-state index in [4.69, 9.17) is 4.74 Å². The Balaban J connectivity index is 2.56. The van der Waals surface area contributed by atoms with E-state index >= 15 is 0 Å². The molecule has 1 amide bonds. The second-order valence-corrected chi connectivity index (χ2v) is 7.36. The summed E-state index contributed by atoms with van der Waals surface area (Å²) >= 11 is 2.00. The van der Waals surface area contributed by atoms with E-state index in [1.807, 2.05) is 22.6 Å². The first kappa shape index (κ1) is 16.8. The molecule has 0 spiro atoms. The summed E-state index contributed by atoms with van der Waals surface area (Å²) < 4.78 is 32.1. The number of sulfonamides is 1. The first-order valence-corrected chi connectivity index (χ1v) is 8.84. The molecule has 0 heterocycles. The van der Waals surface area contributed by atoms with Gasteiger partial charge in [-0.15, -0.1) is 0 Å². The van der Waals surface area contributed by atoms with Crippen molar-refractivity contribution < 1.29 is 17.9 Å². The van der Waals surface area contributed by atoms with Crippen molar-refractivity contribution in [1.82, 2.24) is 0 Å². The average Bonchev–Trinajstić information content (AvgIpc) is 2.49. The maximum absolute atomic E-state index is 12.8. The minimum Gasteiger partial charge on any atom is -0.497 e. The van der Waals surface area contributed by atoms with Crippen LogP contribution in [-0.2, 0) is 14.8 Å². The molecule has 2 aromatic carbocycles. The lowest BCUT2D eigenvalue weighted by atomic mass is 10.3. The van der Waals surface area contributed by atoms with E-state index in [0.717, 1.165) is 4.31 Å². The maximum atomic E-state index is 12.8.